The molecule has 0 radical (unpaired) electrons. The van der Waals surface area contributed by atoms with Gasteiger partial charge in [-0.15, -0.1) is 24.9 Å². The second kappa shape index (κ2) is 13.0. The van der Waals surface area contributed by atoms with Gasteiger partial charge in [0.2, 0.25) is 17.7 Å². The van der Waals surface area contributed by atoms with E-state index in [0.717, 1.165) is 12.0 Å². The lowest BCUT2D eigenvalue weighted by Crippen LogP contribution is -2.56. The summed E-state index contributed by atoms with van der Waals surface area (Å²) in [5.41, 5.74) is 1.68. The van der Waals surface area contributed by atoms with E-state index >= 15 is 0 Å². The Kier molecular flexibility index (Phi) is 9.32. The molecule has 5 rings (SSSR count). The van der Waals surface area contributed by atoms with Gasteiger partial charge in [0, 0.05) is 30.6 Å². The van der Waals surface area contributed by atoms with Crippen LogP contribution in [0.25, 0.3) is 0 Å². The maximum atomic E-state index is 14.5. The molecule has 0 aliphatic carbocycles. The van der Waals surface area contributed by atoms with Gasteiger partial charge in [0.15, 0.2) is 0 Å². The van der Waals surface area contributed by atoms with E-state index in [0.29, 0.717) is 37.6 Å². The van der Waals surface area contributed by atoms with Crippen LogP contribution in [0.5, 0.6) is 5.75 Å². The lowest BCUT2D eigenvalue weighted by molar-refractivity contribution is -0.145. The standard InChI is InChI=1S/C34H41N3O5S/c1-5-19-35(21-24-11-9-8-10-12-24)33(41)30-34-18-17-27(43-34)28(29(34)32(40)37(30)23(4)22-38)31(39)36(20-6-2)25-13-15-26(16-14-25)42-7-3/h5-6,8-16,23,27-30,38H,1-2,7,17-22H2,3-4H3/t23-,27+,28-,29+,30?,34?/m1/s1. The number of aliphatic hydroxyl groups is 1. The minimum Gasteiger partial charge on any atom is -0.494 e. The molecule has 3 fully saturated rings. The van der Waals surface area contributed by atoms with Gasteiger partial charge in [0.1, 0.15) is 11.8 Å². The largest absolute Gasteiger partial charge is 0.494 e. The zero-order chi connectivity index (χ0) is 30.7. The van der Waals surface area contributed by atoms with E-state index < -0.39 is 28.7 Å². The molecule has 3 saturated heterocycles. The second-order valence-corrected chi connectivity index (χ2v) is 13.1. The van der Waals surface area contributed by atoms with Crippen LogP contribution in [0.3, 0.4) is 0 Å². The summed E-state index contributed by atoms with van der Waals surface area (Å²) in [4.78, 5) is 48.3. The summed E-state index contributed by atoms with van der Waals surface area (Å²) in [6.07, 6.45) is 4.78. The first-order valence-corrected chi connectivity index (χ1v) is 15.9. The van der Waals surface area contributed by atoms with Gasteiger partial charge in [0.05, 0.1) is 35.8 Å². The van der Waals surface area contributed by atoms with Crippen LogP contribution in [0.1, 0.15) is 32.3 Å². The van der Waals surface area contributed by atoms with Gasteiger partial charge in [-0.25, -0.2) is 0 Å². The fourth-order valence-electron chi connectivity index (χ4n) is 7.10. The Morgan fingerprint density at radius 2 is 1.81 bits per heavy atom. The summed E-state index contributed by atoms with van der Waals surface area (Å²) in [5.74, 6) is -1.08. The summed E-state index contributed by atoms with van der Waals surface area (Å²) in [5, 5.41) is 10.1. The molecule has 1 N–H and O–H groups in total. The molecule has 2 aromatic rings. The smallest absolute Gasteiger partial charge is 0.247 e. The maximum absolute atomic E-state index is 14.5. The van der Waals surface area contributed by atoms with Crippen LogP contribution in [0.4, 0.5) is 5.69 Å². The SMILES string of the molecule is C=CCN(Cc1ccccc1)C(=O)C1N([C@H](C)CO)C(=O)[C@@H]2[C@H](C(=O)N(CC=C)c3ccc(OCC)cc3)[C@@H]3CCC12S3. The molecule has 43 heavy (non-hydrogen) atoms. The van der Waals surface area contributed by atoms with Crippen molar-refractivity contribution in [3.8, 4) is 5.75 Å². The van der Waals surface area contributed by atoms with E-state index in [1.807, 2.05) is 61.5 Å². The number of benzene rings is 2. The summed E-state index contributed by atoms with van der Waals surface area (Å²) in [6.45, 7) is 12.7. The Labute approximate surface area is 258 Å². The number of nitrogens with zero attached hydrogens (tertiary/aromatic N) is 3. The summed E-state index contributed by atoms with van der Waals surface area (Å²) >= 11 is 1.63. The third-order valence-corrected chi connectivity index (χ3v) is 10.9. The van der Waals surface area contributed by atoms with Gasteiger partial charge in [-0.1, -0.05) is 42.5 Å². The minimum absolute atomic E-state index is 0.0830. The van der Waals surface area contributed by atoms with Crippen LogP contribution in [-0.2, 0) is 20.9 Å². The normalized spacial score (nSPS) is 26.1. The zero-order valence-corrected chi connectivity index (χ0v) is 25.7. The Hall–Kier alpha value is -3.56. The van der Waals surface area contributed by atoms with Crippen molar-refractivity contribution in [3.63, 3.8) is 0 Å². The molecular formula is C34H41N3O5S. The number of anilines is 1. The fraction of sp³-hybridized carbons (Fsp3) is 0.441. The topological polar surface area (TPSA) is 90.4 Å². The number of ether oxygens (including phenoxy) is 1. The van der Waals surface area contributed by atoms with Crippen LogP contribution in [0.2, 0.25) is 0 Å². The number of carbonyl (C=O) groups excluding carboxylic acids is 3. The van der Waals surface area contributed by atoms with E-state index in [9.17, 15) is 19.5 Å². The number of amides is 3. The minimum atomic E-state index is -0.790. The van der Waals surface area contributed by atoms with E-state index in [-0.39, 0.29) is 36.1 Å². The Morgan fingerprint density at radius 3 is 2.44 bits per heavy atom. The molecule has 3 amide bonds. The number of rotatable bonds is 13. The van der Waals surface area contributed by atoms with Gasteiger partial charge in [0.25, 0.3) is 0 Å². The molecule has 3 aliphatic heterocycles. The third kappa shape index (κ3) is 5.49. The number of likely N-dealkylation sites (tertiary alicyclic amines) is 1. The number of carbonyl (C=O) groups is 3. The highest BCUT2D eigenvalue weighted by molar-refractivity contribution is 8.02. The molecule has 2 bridgehead atoms. The van der Waals surface area contributed by atoms with Crippen molar-refractivity contribution < 1.29 is 24.2 Å². The van der Waals surface area contributed by atoms with Crippen molar-refractivity contribution >= 4 is 35.2 Å². The summed E-state index contributed by atoms with van der Waals surface area (Å²) in [6, 6.07) is 15.7. The highest BCUT2D eigenvalue weighted by Crippen LogP contribution is 2.67. The average molecular weight is 604 g/mol. The zero-order valence-electron chi connectivity index (χ0n) is 24.9. The van der Waals surface area contributed by atoms with Gasteiger partial charge >= 0.3 is 0 Å². The number of thioether (sulfide) groups is 1. The van der Waals surface area contributed by atoms with Crippen molar-refractivity contribution in [3.05, 3.63) is 85.5 Å². The predicted molar refractivity (Wildman–Crippen MR) is 170 cm³/mol. The van der Waals surface area contributed by atoms with Gasteiger partial charge < -0.3 is 24.5 Å². The summed E-state index contributed by atoms with van der Waals surface area (Å²) in [7, 11) is 0. The monoisotopic (exact) mass is 603 g/mol. The number of hydrogen-bond donors (Lipinski definition) is 1. The molecule has 0 aromatic heterocycles. The second-order valence-electron chi connectivity index (χ2n) is 11.5. The molecule has 3 aliphatic rings. The van der Waals surface area contributed by atoms with E-state index in [2.05, 4.69) is 13.2 Å². The van der Waals surface area contributed by atoms with E-state index in [1.165, 1.54) is 0 Å². The fourth-order valence-corrected chi connectivity index (χ4v) is 9.29. The van der Waals surface area contributed by atoms with Crippen LogP contribution in [0, 0.1) is 11.8 Å². The first kappa shape index (κ1) is 30.9. The van der Waals surface area contributed by atoms with Crippen molar-refractivity contribution in [1.82, 2.24) is 9.80 Å². The first-order chi connectivity index (χ1) is 20.8. The van der Waals surface area contributed by atoms with Crippen LogP contribution < -0.4 is 9.64 Å². The summed E-state index contributed by atoms with van der Waals surface area (Å²) < 4.78 is 4.83. The molecule has 8 nitrogen and oxygen atoms in total. The molecule has 3 heterocycles. The molecule has 9 heteroatoms. The number of fused-ring (bicyclic) bond motifs is 1. The third-order valence-electron chi connectivity index (χ3n) is 8.91. The average Bonchev–Trinajstić information content (AvgIpc) is 3.67. The van der Waals surface area contributed by atoms with Gasteiger partial charge in [-0.05, 0) is 56.5 Å². The van der Waals surface area contributed by atoms with E-state index in [4.69, 9.17) is 4.74 Å². The first-order valence-electron chi connectivity index (χ1n) is 15.0. The highest BCUT2D eigenvalue weighted by atomic mass is 32.2. The van der Waals surface area contributed by atoms with Crippen LogP contribution in [-0.4, -0.2) is 81.0 Å². The lowest BCUT2D eigenvalue weighted by Gasteiger charge is -2.39. The Morgan fingerprint density at radius 1 is 1.12 bits per heavy atom. The molecule has 1 spiro atoms. The van der Waals surface area contributed by atoms with Gasteiger partial charge in [-0.3, -0.25) is 14.4 Å². The van der Waals surface area contributed by atoms with Crippen LogP contribution in [0.15, 0.2) is 79.9 Å². The van der Waals surface area contributed by atoms with Gasteiger partial charge in [-0.2, -0.15) is 0 Å². The Balaban J connectivity index is 1.51. The highest BCUT2D eigenvalue weighted by Gasteiger charge is 2.74. The predicted octanol–water partition coefficient (Wildman–Crippen LogP) is 4.29. The van der Waals surface area contributed by atoms with Crippen molar-refractivity contribution in [1.29, 1.82) is 0 Å². The molecule has 2 unspecified atom stereocenters. The van der Waals surface area contributed by atoms with E-state index in [1.54, 1.807) is 45.5 Å². The molecule has 2 aromatic carbocycles. The lowest BCUT2D eigenvalue weighted by atomic mass is 9.70. The quantitative estimate of drug-likeness (QED) is 0.344. The molecule has 228 valence electrons. The van der Waals surface area contributed by atoms with Crippen molar-refractivity contribution in [2.75, 3.05) is 31.2 Å². The maximum Gasteiger partial charge on any atom is 0.247 e. The van der Waals surface area contributed by atoms with Crippen molar-refractivity contribution in [2.24, 2.45) is 11.8 Å². The van der Waals surface area contributed by atoms with Crippen LogP contribution >= 0.6 is 11.8 Å². The number of aliphatic hydroxyl groups excluding tert-OH is 1. The molecular weight excluding hydrogens is 562 g/mol. The number of hydrogen-bond acceptors (Lipinski definition) is 6. The molecule has 6 atom stereocenters. The van der Waals surface area contributed by atoms with Crippen molar-refractivity contribution in [2.45, 2.75) is 55.3 Å². The Bertz CT molecular complexity index is 1350. The molecule has 0 saturated carbocycles.